The third-order valence-electron chi connectivity index (χ3n) is 2.66. The summed E-state index contributed by atoms with van der Waals surface area (Å²) >= 11 is 3.70. The van der Waals surface area contributed by atoms with Gasteiger partial charge in [0.1, 0.15) is 5.75 Å². The molecule has 0 spiro atoms. The summed E-state index contributed by atoms with van der Waals surface area (Å²) in [6, 6.07) is 11.4. The fourth-order valence-electron chi connectivity index (χ4n) is 1.71. The van der Waals surface area contributed by atoms with Crippen LogP contribution < -0.4 is 8.92 Å². The molecule has 0 atom stereocenters. The van der Waals surface area contributed by atoms with Gasteiger partial charge in [0.15, 0.2) is 17.3 Å². The van der Waals surface area contributed by atoms with Crippen molar-refractivity contribution < 1.29 is 35.2 Å². The topological polar surface area (TPSA) is 150 Å². The smallest absolute Gasteiger partial charge is 0.196 e. The van der Waals surface area contributed by atoms with E-state index >= 15 is 0 Å². The Bertz CT molecular complexity index is 602. The fourth-order valence-corrected chi connectivity index (χ4v) is 1.85. The van der Waals surface area contributed by atoms with E-state index in [2.05, 4.69) is 12.9 Å². The Hall–Kier alpha value is -2.26. The molecule has 0 aliphatic heterocycles. The van der Waals surface area contributed by atoms with Gasteiger partial charge in [0.2, 0.25) is 0 Å². The Morgan fingerprint density at radius 3 is 2.14 bits per heavy atom. The third-order valence-corrected chi connectivity index (χ3v) is 2.86. The highest BCUT2D eigenvalue weighted by molar-refractivity contribution is 7.75. The lowest BCUT2D eigenvalue weighted by Gasteiger charge is -2.10. The van der Waals surface area contributed by atoms with E-state index in [1.165, 1.54) is 19.2 Å². The van der Waals surface area contributed by atoms with Crippen molar-refractivity contribution in [3.63, 3.8) is 0 Å². The van der Waals surface area contributed by atoms with Crippen molar-refractivity contribution in [1.29, 1.82) is 0 Å². The fraction of sp³-hybridized carbons (Fsp3) is 0.0714. The number of hydrogen-bond donors (Lipinski definition) is 2. The number of methoxy groups -OCH3 is 1. The number of hydrogen-bond acceptors (Lipinski definition) is 5. The molecule has 22 heavy (non-hydrogen) atoms. The molecule has 0 saturated carbocycles. The highest BCUT2D eigenvalue weighted by Gasteiger charge is 2.17. The Kier molecular flexibility index (Phi) is 9.65. The van der Waals surface area contributed by atoms with Crippen molar-refractivity contribution in [1.82, 2.24) is 0 Å². The number of ether oxygens (including phenoxy) is 1. The van der Waals surface area contributed by atoms with Gasteiger partial charge in [-0.3, -0.25) is 4.79 Å². The molecular formula is C14H18O7S. The zero-order valence-electron chi connectivity index (χ0n) is 11.7. The van der Waals surface area contributed by atoms with E-state index < -0.39 is 0 Å². The Morgan fingerprint density at radius 1 is 1.05 bits per heavy atom. The first-order chi connectivity index (χ1) is 9.17. The van der Waals surface area contributed by atoms with Gasteiger partial charge < -0.3 is 30.5 Å². The van der Waals surface area contributed by atoms with E-state index in [0.29, 0.717) is 11.3 Å². The summed E-state index contributed by atoms with van der Waals surface area (Å²) in [5.74, 6) is 0.104. The molecule has 7 N–H and O–H groups in total. The third kappa shape index (κ3) is 4.37. The normalized spacial score (nSPS) is 8.64. The molecule has 7 nitrogen and oxygen atoms in total. The van der Waals surface area contributed by atoms with Gasteiger partial charge in [0.25, 0.3) is 0 Å². The van der Waals surface area contributed by atoms with Crippen LogP contribution in [-0.2, 0) is 0 Å². The van der Waals surface area contributed by atoms with Crippen molar-refractivity contribution >= 4 is 18.7 Å². The second-order valence-electron chi connectivity index (χ2n) is 3.81. The van der Waals surface area contributed by atoms with E-state index in [0.717, 1.165) is 0 Å². The Balaban J connectivity index is 0. The average molecular weight is 330 g/mol. The zero-order valence-corrected chi connectivity index (χ0v) is 12.6. The lowest BCUT2D eigenvalue weighted by atomic mass is 10.0. The van der Waals surface area contributed by atoms with Crippen LogP contribution in [0.3, 0.4) is 0 Å². The number of carbonyl (C=O) groups is 1. The van der Waals surface area contributed by atoms with Crippen LogP contribution in [0.15, 0.2) is 42.5 Å². The first-order valence-corrected chi connectivity index (χ1v) is 5.86. The van der Waals surface area contributed by atoms with Crippen molar-refractivity contribution in [3.8, 4) is 17.2 Å². The van der Waals surface area contributed by atoms with E-state index in [1.54, 1.807) is 24.3 Å². The lowest BCUT2D eigenvalue weighted by molar-refractivity contribution is 0.103. The molecule has 0 aromatic heterocycles. The molecule has 0 aliphatic rings. The maximum absolute atomic E-state index is 12.3. The first kappa shape index (κ1) is 22.0. The summed E-state index contributed by atoms with van der Waals surface area (Å²) < 4.78 is 9.84. The van der Waals surface area contributed by atoms with Crippen LogP contribution in [0.5, 0.6) is 17.2 Å². The van der Waals surface area contributed by atoms with Crippen LogP contribution in [-0.4, -0.2) is 34.4 Å². The molecule has 0 aliphatic carbocycles. The second-order valence-corrected chi connectivity index (χ2v) is 3.99. The molecule has 2 aromatic carbocycles. The number of benzene rings is 2. The van der Waals surface area contributed by atoms with E-state index in [1.807, 2.05) is 6.07 Å². The minimum Gasteiger partial charge on any atom is -0.507 e. The predicted molar refractivity (Wildman–Crippen MR) is 85.0 cm³/mol. The van der Waals surface area contributed by atoms with Crippen molar-refractivity contribution in [3.05, 3.63) is 53.6 Å². The van der Waals surface area contributed by atoms with Gasteiger partial charge in [0.05, 0.1) is 12.7 Å². The van der Waals surface area contributed by atoms with Gasteiger partial charge in [0, 0.05) is 30.6 Å². The number of aromatic hydroxyl groups is 1. The lowest BCUT2D eigenvalue weighted by Crippen LogP contribution is -2.02. The molecule has 122 valence electrons. The minimum absolute atomic E-state index is 0. The standard InChI is InChI=1S/C14H12O4S.3H2O/c1-17-12-8-11(15)10(7-13(12)18-19)14(16)9-5-3-2-4-6-9;;;/h2-8,15,19H,1H3;3*1H2. The van der Waals surface area contributed by atoms with Crippen molar-refractivity contribution in [2.24, 2.45) is 0 Å². The summed E-state index contributed by atoms with van der Waals surface area (Å²) in [6.07, 6.45) is 0. The predicted octanol–water partition coefficient (Wildman–Crippen LogP) is 0.381. The molecule has 8 heteroatoms. The van der Waals surface area contributed by atoms with Crippen LogP contribution in [0.2, 0.25) is 0 Å². The van der Waals surface area contributed by atoms with Crippen LogP contribution in [0.25, 0.3) is 0 Å². The van der Waals surface area contributed by atoms with Crippen molar-refractivity contribution in [2.75, 3.05) is 7.11 Å². The number of phenols is 1. The summed E-state index contributed by atoms with van der Waals surface area (Å²) in [7, 11) is 1.43. The van der Waals surface area contributed by atoms with Crippen LogP contribution >= 0.6 is 12.9 Å². The molecular weight excluding hydrogens is 312 g/mol. The number of rotatable bonds is 4. The Morgan fingerprint density at radius 2 is 1.64 bits per heavy atom. The largest absolute Gasteiger partial charge is 0.507 e. The number of ketones is 1. The van der Waals surface area contributed by atoms with E-state index in [4.69, 9.17) is 8.92 Å². The van der Waals surface area contributed by atoms with Gasteiger partial charge in [-0.25, -0.2) is 0 Å². The first-order valence-electron chi connectivity index (χ1n) is 5.49. The highest BCUT2D eigenvalue weighted by Crippen LogP contribution is 2.35. The summed E-state index contributed by atoms with van der Waals surface area (Å²) in [5, 5.41) is 9.89. The van der Waals surface area contributed by atoms with Gasteiger partial charge in [-0.15, -0.1) is 0 Å². The zero-order chi connectivity index (χ0) is 13.8. The van der Waals surface area contributed by atoms with Crippen LogP contribution in [0, 0.1) is 0 Å². The average Bonchev–Trinajstić information content (AvgIpc) is 2.47. The summed E-state index contributed by atoms with van der Waals surface area (Å²) in [6.45, 7) is 0. The SMILES string of the molecule is COc1cc(O)c(C(=O)c2ccccc2)cc1OS.O.O.O. The maximum Gasteiger partial charge on any atom is 0.196 e. The van der Waals surface area contributed by atoms with E-state index in [-0.39, 0.29) is 39.3 Å². The molecule has 0 heterocycles. The second kappa shape index (κ2) is 9.64. The number of thiol groups is 1. The molecule has 0 saturated heterocycles. The van der Waals surface area contributed by atoms with Gasteiger partial charge in [-0.1, -0.05) is 30.3 Å². The van der Waals surface area contributed by atoms with Crippen LogP contribution in [0.1, 0.15) is 15.9 Å². The molecule has 2 rings (SSSR count). The number of carbonyl (C=O) groups excluding carboxylic acids is 1. The molecule has 0 radical (unpaired) electrons. The Labute approximate surface area is 132 Å². The minimum atomic E-state index is -0.299. The summed E-state index contributed by atoms with van der Waals surface area (Å²) in [4.78, 5) is 12.3. The van der Waals surface area contributed by atoms with Gasteiger partial charge in [-0.2, -0.15) is 0 Å². The number of phenolic OH excluding ortho intramolecular Hbond substituents is 1. The van der Waals surface area contributed by atoms with E-state index in [9.17, 15) is 9.90 Å². The van der Waals surface area contributed by atoms with Crippen LogP contribution in [0.4, 0.5) is 0 Å². The monoisotopic (exact) mass is 330 g/mol. The van der Waals surface area contributed by atoms with Gasteiger partial charge >= 0.3 is 0 Å². The molecule has 0 unspecified atom stereocenters. The quantitative estimate of drug-likeness (QED) is 0.473. The molecule has 0 bridgehead atoms. The summed E-state index contributed by atoms with van der Waals surface area (Å²) in [5.41, 5.74) is 0.615. The van der Waals surface area contributed by atoms with Gasteiger partial charge in [-0.05, 0) is 0 Å². The molecule has 2 aromatic rings. The maximum atomic E-state index is 12.3. The molecule has 0 amide bonds. The molecule has 0 fully saturated rings. The van der Waals surface area contributed by atoms with Crippen molar-refractivity contribution in [2.45, 2.75) is 0 Å². The highest BCUT2D eigenvalue weighted by atomic mass is 32.1.